The zero-order valence-electron chi connectivity index (χ0n) is 14.6. The lowest BCUT2D eigenvalue weighted by atomic mass is 9.91. The van der Waals surface area contributed by atoms with E-state index in [4.69, 9.17) is 9.84 Å². The predicted octanol–water partition coefficient (Wildman–Crippen LogP) is -1.38. The molecule has 0 saturated heterocycles. The van der Waals surface area contributed by atoms with Crippen LogP contribution in [0.2, 0.25) is 0 Å². The Balaban J connectivity index is 3.38. The molecular weight excluding hydrogens is 344 g/mol. The first kappa shape index (κ1) is 21.8. The molecule has 146 valence electrons. The summed E-state index contributed by atoms with van der Waals surface area (Å²) in [6.45, 7) is 8.53. The van der Waals surface area contributed by atoms with Crippen molar-refractivity contribution in [3.8, 4) is 0 Å². The molecular formula is C17H26N2O7. The Hall–Kier alpha value is -2.20. The van der Waals surface area contributed by atoms with Gasteiger partial charge in [-0.3, -0.25) is 9.69 Å². The third-order valence-corrected chi connectivity index (χ3v) is 3.95. The van der Waals surface area contributed by atoms with Crippen molar-refractivity contribution in [2.75, 3.05) is 19.7 Å². The van der Waals surface area contributed by atoms with Crippen LogP contribution in [0.3, 0.4) is 0 Å². The second kappa shape index (κ2) is 10.1. The van der Waals surface area contributed by atoms with Crippen LogP contribution in [-0.2, 0) is 14.3 Å². The molecule has 0 spiro atoms. The third kappa shape index (κ3) is 5.40. The highest BCUT2D eigenvalue weighted by Gasteiger charge is 2.45. The topological polar surface area (TPSA) is 140 Å². The smallest absolute Gasteiger partial charge is 0.370 e. The molecule has 0 fully saturated rings. The van der Waals surface area contributed by atoms with Gasteiger partial charge in [0.2, 0.25) is 11.7 Å². The SMILES string of the molecule is C=CCN(CC=C)[C@H]1C=C(C(=O)O)O[C@@H]([C@@H](O)[C@@H](O)CO)[C@@H]1NC(C)=O. The number of hydrogen-bond acceptors (Lipinski definition) is 7. The maximum absolute atomic E-state index is 11.7. The highest BCUT2D eigenvalue weighted by molar-refractivity contribution is 5.84. The maximum Gasteiger partial charge on any atom is 0.370 e. The van der Waals surface area contributed by atoms with Gasteiger partial charge in [-0.1, -0.05) is 12.2 Å². The molecule has 0 saturated carbocycles. The largest absolute Gasteiger partial charge is 0.478 e. The predicted molar refractivity (Wildman–Crippen MR) is 93.1 cm³/mol. The van der Waals surface area contributed by atoms with Crippen molar-refractivity contribution in [3.05, 3.63) is 37.1 Å². The number of carbonyl (C=O) groups excluding carboxylic acids is 1. The van der Waals surface area contributed by atoms with E-state index in [2.05, 4.69) is 18.5 Å². The molecule has 1 aliphatic heterocycles. The number of nitrogens with zero attached hydrogens (tertiary/aromatic N) is 1. The number of carboxylic acid groups (broad SMARTS) is 1. The zero-order valence-corrected chi connectivity index (χ0v) is 14.6. The van der Waals surface area contributed by atoms with Gasteiger partial charge in [-0.05, 0) is 6.08 Å². The molecule has 0 aromatic heterocycles. The van der Waals surface area contributed by atoms with E-state index in [9.17, 15) is 24.9 Å². The van der Waals surface area contributed by atoms with E-state index in [0.29, 0.717) is 13.1 Å². The Morgan fingerprint density at radius 1 is 1.35 bits per heavy atom. The van der Waals surface area contributed by atoms with Crippen LogP contribution in [0.1, 0.15) is 6.92 Å². The minimum atomic E-state index is -1.63. The normalized spacial score (nSPS) is 24.8. The lowest BCUT2D eigenvalue weighted by Crippen LogP contribution is -2.63. The van der Waals surface area contributed by atoms with Crippen molar-refractivity contribution < 1.29 is 34.8 Å². The molecule has 0 unspecified atom stereocenters. The highest BCUT2D eigenvalue weighted by Crippen LogP contribution is 2.26. The molecule has 5 atom stereocenters. The van der Waals surface area contributed by atoms with Crippen LogP contribution in [0, 0.1) is 0 Å². The van der Waals surface area contributed by atoms with Gasteiger partial charge in [-0.2, -0.15) is 0 Å². The Morgan fingerprint density at radius 3 is 2.35 bits per heavy atom. The molecule has 1 rings (SSSR count). The van der Waals surface area contributed by atoms with Crippen LogP contribution in [-0.4, -0.2) is 87.3 Å². The first-order chi connectivity index (χ1) is 12.3. The molecule has 1 amide bonds. The average Bonchev–Trinajstić information content (AvgIpc) is 2.59. The monoisotopic (exact) mass is 370 g/mol. The van der Waals surface area contributed by atoms with E-state index in [1.165, 1.54) is 13.0 Å². The summed E-state index contributed by atoms with van der Waals surface area (Å²) >= 11 is 0. The van der Waals surface area contributed by atoms with Crippen molar-refractivity contribution in [1.82, 2.24) is 10.2 Å². The number of carboxylic acids is 1. The average molecular weight is 370 g/mol. The molecule has 0 radical (unpaired) electrons. The van der Waals surface area contributed by atoms with Crippen molar-refractivity contribution in [2.24, 2.45) is 0 Å². The number of rotatable bonds is 10. The van der Waals surface area contributed by atoms with Crippen LogP contribution in [0.15, 0.2) is 37.1 Å². The van der Waals surface area contributed by atoms with Crippen LogP contribution in [0.5, 0.6) is 0 Å². The fourth-order valence-electron chi connectivity index (χ4n) is 2.83. The van der Waals surface area contributed by atoms with E-state index >= 15 is 0 Å². The van der Waals surface area contributed by atoms with Crippen LogP contribution in [0.4, 0.5) is 0 Å². The summed E-state index contributed by atoms with van der Waals surface area (Å²) in [5.74, 6) is -2.21. The minimum Gasteiger partial charge on any atom is -0.478 e. The van der Waals surface area contributed by atoms with Gasteiger partial charge in [0.25, 0.3) is 0 Å². The van der Waals surface area contributed by atoms with Crippen molar-refractivity contribution in [3.63, 3.8) is 0 Å². The first-order valence-corrected chi connectivity index (χ1v) is 8.08. The van der Waals surface area contributed by atoms with Crippen LogP contribution in [0.25, 0.3) is 0 Å². The third-order valence-electron chi connectivity index (χ3n) is 3.95. The summed E-state index contributed by atoms with van der Waals surface area (Å²) in [5, 5.41) is 41.2. The van der Waals surface area contributed by atoms with Crippen molar-refractivity contribution in [2.45, 2.75) is 37.3 Å². The van der Waals surface area contributed by atoms with Crippen molar-refractivity contribution in [1.29, 1.82) is 0 Å². The second-order valence-electron chi connectivity index (χ2n) is 5.91. The number of amides is 1. The summed E-state index contributed by atoms with van der Waals surface area (Å²) in [6, 6.07) is -1.56. The number of carbonyl (C=O) groups is 2. The van der Waals surface area contributed by atoms with Gasteiger partial charge in [0, 0.05) is 20.0 Å². The van der Waals surface area contributed by atoms with E-state index in [1.54, 1.807) is 17.1 Å². The quantitative estimate of drug-likeness (QED) is 0.296. The lowest BCUT2D eigenvalue weighted by Gasteiger charge is -2.43. The molecule has 1 heterocycles. The van der Waals surface area contributed by atoms with E-state index in [0.717, 1.165) is 0 Å². The van der Waals surface area contributed by atoms with E-state index < -0.39 is 54.6 Å². The highest BCUT2D eigenvalue weighted by atomic mass is 16.5. The molecule has 0 aromatic rings. The van der Waals surface area contributed by atoms with Gasteiger partial charge in [0.1, 0.15) is 18.3 Å². The Bertz CT molecular complexity index is 553. The van der Waals surface area contributed by atoms with Crippen LogP contribution < -0.4 is 5.32 Å². The van der Waals surface area contributed by atoms with Gasteiger partial charge in [-0.25, -0.2) is 4.79 Å². The van der Waals surface area contributed by atoms with Gasteiger partial charge in [-0.15, -0.1) is 13.2 Å². The fraction of sp³-hybridized carbons (Fsp3) is 0.529. The van der Waals surface area contributed by atoms with Gasteiger partial charge < -0.3 is 30.5 Å². The number of aliphatic hydroxyl groups is 3. The molecule has 9 nitrogen and oxygen atoms in total. The first-order valence-electron chi connectivity index (χ1n) is 8.08. The molecule has 0 bridgehead atoms. The molecule has 26 heavy (non-hydrogen) atoms. The minimum absolute atomic E-state index is 0.349. The zero-order chi connectivity index (χ0) is 19.9. The van der Waals surface area contributed by atoms with Gasteiger partial charge in [0.15, 0.2) is 0 Å². The molecule has 0 aromatic carbocycles. The van der Waals surface area contributed by atoms with E-state index in [-0.39, 0.29) is 0 Å². The van der Waals surface area contributed by atoms with Crippen LogP contribution >= 0.6 is 0 Å². The van der Waals surface area contributed by atoms with E-state index in [1.807, 2.05) is 0 Å². The molecule has 5 N–H and O–H groups in total. The summed E-state index contributed by atoms with van der Waals surface area (Å²) in [5.41, 5.74) is 0. The number of nitrogens with one attached hydrogen (secondary N) is 1. The summed E-state index contributed by atoms with van der Waals surface area (Å²) in [6.07, 6.45) is 0.0381. The second-order valence-corrected chi connectivity index (χ2v) is 5.91. The van der Waals surface area contributed by atoms with Gasteiger partial charge >= 0.3 is 5.97 Å². The standard InChI is InChI=1S/C17H26N2O7/c1-4-6-19(7-5-2)11-8-13(17(24)25)26-16(14(11)18-10(3)21)15(23)12(22)9-20/h4-5,8,11-12,14-16,20,22-23H,1-2,6-7,9H2,3H3,(H,18,21)(H,24,25)/t11-,12-,14+,15-,16+/m0/s1. The fourth-order valence-corrected chi connectivity index (χ4v) is 2.83. The Labute approximate surface area is 151 Å². The number of aliphatic hydroxyl groups excluding tert-OH is 3. The number of aliphatic carboxylic acids is 1. The lowest BCUT2D eigenvalue weighted by molar-refractivity contribution is -0.147. The summed E-state index contributed by atoms with van der Waals surface area (Å²) < 4.78 is 5.33. The number of hydrogen-bond donors (Lipinski definition) is 5. The maximum atomic E-state index is 11.7. The molecule has 0 aliphatic carbocycles. The summed E-state index contributed by atoms with van der Waals surface area (Å²) in [7, 11) is 0. The van der Waals surface area contributed by atoms with Gasteiger partial charge in [0.05, 0.1) is 18.7 Å². The van der Waals surface area contributed by atoms with Crippen molar-refractivity contribution >= 4 is 11.9 Å². The molecule has 9 heteroatoms. The summed E-state index contributed by atoms with van der Waals surface area (Å²) in [4.78, 5) is 24.9. The molecule has 1 aliphatic rings. The Kier molecular flexibility index (Phi) is 8.46. The Morgan fingerprint density at radius 2 is 1.92 bits per heavy atom. The number of ether oxygens (including phenoxy) is 1.